The van der Waals surface area contributed by atoms with E-state index in [2.05, 4.69) is 44.3 Å². The van der Waals surface area contributed by atoms with Gasteiger partial charge in [0.15, 0.2) is 0 Å². The van der Waals surface area contributed by atoms with Gasteiger partial charge in [-0.05, 0) is 25.4 Å². The molecule has 0 atom stereocenters. The Hall–Kier alpha value is -0.165. The molecule has 4 heteroatoms. The van der Waals surface area contributed by atoms with Gasteiger partial charge >= 0.3 is 6.47 Å². The van der Waals surface area contributed by atoms with E-state index in [0.29, 0.717) is 18.7 Å². The van der Waals surface area contributed by atoms with Crippen molar-refractivity contribution in [3.05, 3.63) is 0 Å². The molecule has 0 radical (unpaired) electrons. The zero-order chi connectivity index (χ0) is 12.6. The van der Waals surface area contributed by atoms with Crippen LogP contribution in [0.3, 0.4) is 0 Å². The highest BCUT2D eigenvalue weighted by Crippen LogP contribution is 2.12. The SMILES string of the molecule is CC#CCCCOB(Cl)N(C(C)C)C(C)C. The molecule has 0 aromatic rings. The van der Waals surface area contributed by atoms with E-state index >= 15 is 0 Å². The third-order valence-electron chi connectivity index (χ3n) is 2.31. The average Bonchev–Trinajstić information content (AvgIpc) is 2.16. The minimum absolute atomic E-state index is 0.338. The van der Waals surface area contributed by atoms with Gasteiger partial charge in [-0.3, -0.25) is 4.81 Å². The highest BCUT2D eigenvalue weighted by Gasteiger charge is 2.27. The Kier molecular flexibility index (Phi) is 8.83. The lowest BCUT2D eigenvalue weighted by molar-refractivity contribution is 0.223. The lowest BCUT2D eigenvalue weighted by Gasteiger charge is -2.32. The summed E-state index contributed by atoms with van der Waals surface area (Å²) in [6, 6.07) is 0.774. The molecule has 0 rings (SSSR count). The molecule has 2 nitrogen and oxygen atoms in total. The van der Waals surface area contributed by atoms with Gasteiger partial charge < -0.3 is 4.65 Å². The summed E-state index contributed by atoms with van der Waals surface area (Å²) < 4.78 is 5.60. The normalized spacial score (nSPS) is 10.8. The molecule has 0 fully saturated rings. The first kappa shape index (κ1) is 15.8. The largest absolute Gasteiger partial charge is 0.494 e. The second kappa shape index (κ2) is 8.93. The van der Waals surface area contributed by atoms with Gasteiger partial charge in [-0.15, -0.1) is 23.3 Å². The predicted molar refractivity (Wildman–Crippen MR) is 72.4 cm³/mol. The Morgan fingerprint density at radius 3 is 2.25 bits per heavy atom. The molecule has 16 heavy (non-hydrogen) atoms. The molecule has 0 saturated heterocycles. The number of hydrogen-bond donors (Lipinski definition) is 0. The lowest BCUT2D eigenvalue weighted by atomic mass is 10.0. The third-order valence-corrected chi connectivity index (χ3v) is 2.66. The highest BCUT2D eigenvalue weighted by molar-refractivity contribution is 7.01. The van der Waals surface area contributed by atoms with Crippen LogP contribution in [0.5, 0.6) is 0 Å². The molecule has 0 bridgehead atoms. The topological polar surface area (TPSA) is 12.5 Å². The first-order valence-electron chi connectivity index (χ1n) is 5.93. The summed E-state index contributed by atoms with van der Waals surface area (Å²) in [5, 5.41) is 0. The number of nitrogens with zero attached hydrogens (tertiary/aromatic N) is 1. The molecule has 0 heterocycles. The molecule has 0 aromatic heterocycles. The molecule has 0 amide bonds. The number of hydrogen-bond acceptors (Lipinski definition) is 2. The maximum Gasteiger partial charge on any atom is 0.494 e. The Balaban J connectivity index is 3.91. The number of rotatable bonds is 7. The van der Waals surface area contributed by atoms with Gasteiger partial charge in [-0.2, -0.15) is 0 Å². The van der Waals surface area contributed by atoms with Crippen molar-refractivity contribution in [1.82, 2.24) is 4.81 Å². The second-order valence-electron chi connectivity index (χ2n) is 4.33. The van der Waals surface area contributed by atoms with Crippen molar-refractivity contribution in [1.29, 1.82) is 0 Å². The first-order chi connectivity index (χ1) is 7.50. The van der Waals surface area contributed by atoms with Gasteiger partial charge in [0.05, 0.1) is 0 Å². The van der Waals surface area contributed by atoms with Crippen molar-refractivity contribution in [2.75, 3.05) is 6.61 Å². The van der Waals surface area contributed by atoms with E-state index in [1.54, 1.807) is 0 Å². The summed E-state index contributed by atoms with van der Waals surface area (Å²) in [7, 11) is 0. The molecule has 0 aromatic carbocycles. The van der Waals surface area contributed by atoms with Gasteiger partial charge in [0.25, 0.3) is 0 Å². The van der Waals surface area contributed by atoms with Crippen LogP contribution in [0.1, 0.15) is 47.5 Å². The van der Waals surface area contributed by atoms with Crippen LogP contribution in [0.25, 0.3) is 0 Å². The Morgan fingerprint density at radius 2 is 1.81 bits per heavy atom. The highest BCUT2D eigenvalue weighted by atomic mass is 35.5. The van der Waals surface area contributed by atoms with Crippen LogP contribution in [0.2, 0.25) is 0 Å². The molecule has 0 N–H and O–H groups in total. The lowest BCUT2D eigenvalue weighted by Crippen LogP contribution is -2.47. The van der Waals surface area contributed by atoms with E-state index in [9.17, 15) is 0 Å². The second-order valence-corrected chi connectivity index (χ2v) is 4.70. The van der Waals surface area contributed by atoms with Crippen molar-refractivity contribution in [3.8, 4) is 11.8 Å². The first-order valence-corrected chi connectivity index (χ1v) is 6.37. The summed E-state index contributed by atoms with van der Waals surface area (Å²) in [4.78, 5) is 2.15. The fraction of sp³-hybridized carbons (Fsp3) is 0.833. The quantitative estimate of drug-likeness (QED) is 0.387. The van der Waals surface area contributed by atoms with Gasteiger partial charge in [-0.25, -0.2) is 0 Å². The van der Waals surface area contributed by atoms with Crippen molar-refractivity contribution in [3.63, 3.8) is 0 Å². The van der Waals surface area contributed by atoms with Crippen LogP contribution in [0.4, 0.5) is 0 Å². The van der Waals surface area contributed by atoms with E-state index in [1.807, 2.05) is 6.92 Å². The predicted octanol–water partition coefficient (Wildman–Crippen LogP) is 3.15. The molecule has 0 aliphatic heterocycles. The van der Waals surface area contributed by atoms with Crippen LogP contribution >= 0.6 is 11.5 Å². The van der Waals surface area contributed by atoms with Crippen molar-refractivity contribution < 1.29 is 4.65 Å². The van der Waals surface area contributed by atoms with E-state index in [-0.39, 0.29) is 6.47 Å². The monoisotopic (exact) mass is 243 g/mol. The number of unbranched alkanes of at least 4 members (excludes halogenated alkanes) is 1. The van der Waals surface area contributed by atoms with Crippen molar-refractivity contribution in [2.24, 2.45) is 0 Å². The Bertz CT molecular complexity index is 227. The molecular formula is C12H23BClNO. The molecule has 0 unspecified atom stereocenters. The molecular weight excluding hydrogens is 220 g/mol. The fourth-order valence-corrected chi connectivity index (χ4v) is 2.16. The molecule has 92 valence electrons. The van der Waals surface area contributed by atoms with Gasteiger partial charge in [0.2, 0.25) is 0 Å². The summed E-state index contributed by atoms with van der Waals surface area (Å²) in [5.74, 6) is 5.88. The summed E-state index contributed by atoms with van der Waals surface area (Å²) in [6.07, 6.45) is 1.82. The van der Waals surface area contributed by atoms with Crippen LogP contribution < -0.4 is 0 Å². The fourth-order valence-electron chi connectivity index (χ4n) is 1.62. The Labute approximate surface area is 106 Å². The minimum Gasteiger partial charge on any atom is -0.408 e. The van der Waals surface area contributed by atoms with Crippen molar-refractivity contribution >= 4 is 17.9 Å². The average molecular weight is 244 g/mol. The van der Waals surface area contributed by atoms with E-state index in [0.717, 1.165) is 12.8 Å². The van der Waals surface area contributed by atoms with E-state index in [1.165, 1.54) is 0 Å². The molecule has 0 saturated carbocycles. The van der Waals surface area contributed by atoms with Gasteiger partial charge in [0, 0.05) is 13.0 Å². The van der Waals surface area contributed by atoms with Crippen LogP contribution in [0, 0.1) is 11.8 Å². The van der Waals surface area contributed by atoms with E-state index < -0.39 is 0 Å². The smallest absolute Gasteiger partial charge is 0.408 e. The number of halogens is 1. The Morgan fingerprint density at radius 1 is 1.25 bits per heavy atom. The van der Waals surface area contributed by atoms with E-state index in [4.69, 9.17) is 16.1 Å². The molecule has 0 aliphatic rings. The summed E-state index contributed by atoms with van der Waals surface area (Å²) in [6.45, 7) is 10.7. The summed E-state index contributed by atoms with van der Waals surface area (Å²) in [5.41, 5.74) is 0. The molecule has 0 spiro atoms. The van der Waals surface area contributed by atoms with Gasteiger partial charge in [-0.1, -0.05) is 27.7 Å². The standard InChI is InChI=1S/C12H23BClNO/c1-6-7-8-9-10-16-13(14)15(11(2)3)12(4)5/h11-12H,8-10H2,1-5H3. The molecule has 0 aliphatic carbocycles. The van der Waals surface area contributed by atoms with Gasteiger partial charge in [0.1, 0.15) is 0 Å². The third kappa shape index (κ3) is 6.42. The minimum atomic E-state index is -0.338. The van der Waals surface area contributed by atoms with Crippen molar-refractivity contribution in [2.45, 2.75) is 59.5 Å². The van der Waals surface area contributed by atoms with Crippen LogP contribution in [0.15, 0.2) is 0 Å². The zero-order valence-corrected chi connectivity index (χ0v) is 11.8. The van der Waals surface area contributed by atoms with Crippen LogP contribution in [-0.2, 0) is 4.65 Å². The maximum atomic E-state index is 6.22. The van der Waals surface area contributed by atoms with Crippen LogP contribution in [-0.4, -0.2) is 30.0 Å². The zero-order valence-electron chi connectivity index (χ0n) is 11.1. The maximum absolute atomic E-state index is 6.22. The summed E-state index contributed by atoms with van der Waals surface area (Å²) >= 11 is 6.22.